The maximum Gasteiger partial charge on any atom is 0.339 e. The van der Waals surface area contributed by atoms with Crippen LogP contribution in [-0.4, -0.2) is 74.2 Å². The number of anilines is 1. The Bertz CT molecular complexity index is 739. The fraction of sp³-hybridized carbons (Fsp3) is 0.600. The topological polar surface area (TPSA) is 71.1 Å². The molecule has 2 heterocycles. The van der Waals surface area contributed by atoms with Gasteiger partial charge >= 0.3 is 5.97 Å². The molecule has 2 saturated heterocycles. The van der Waals surface area contributed by atoms with Crippen molar-refractivity contribution in [1.29, 1.82) is 0 Å². The van der Waals surface area contributed by atoms with Crippen molar-refractivity contribution in [2.24, 2.45) is 0 Å². The quantitative estimate of drug-likeness (QED) is 0.806. The minimum absolute atomic E-state index is 0.189. The molecular formula is C20H27N3O4. The predicted octanol–water partition coefficient (Wildman–Crippen LogP) is 1.44. The van der Waals surface area contributed by atoms with Crippen molar-refractivity contribution in [2.75, 3.05) is 51.8 Å². The molecule has 1 unspecified atom stereocenters. The number of amides is 1. The Hall–Kier alpha value is -1.96. The fourth-order valence-electron chi connectivity index (χ4n) is 4.44. The van der Waals surface area contributed by atoms with E-state index < -0.39 is 5.97 Å². The van der Waals surface area contributed by atoms with Gasteiger partial charge < -0.3 is 14.8 Å². The maximum absolute atomic E-state index is 12.3. The lowest BCUT2D eigenvalue weighted by Gasteiger charge is -2.44. The monoisotopic (exact) mass is 373 g/mol. The van der Waals surface area contributed by atoms with Crippen molar-refractivity contribution in [1.82, 2.24) is 9.80 Å². The Balaban J connectivity index is 1.54. The molecule has 2 fully saturated rings. The van der Waals surface area contributed by atoms with Crippen LogP contribution in [0.5, 0.6) is 0 Å². The van der Waals surface area contributed by atoms with E-state index in [1.165, 1.54) is 25.2 Å². The van der Waals surface area contributed by atoms with Crippen LogP contribution in [0, 0.1) is 0 Å². The zero-order valence-corrected chi connectivity index (χ0v) is 16.0. The number of rotatable bonds is 4. The molecule has 2 aliphatic heterocycles. The number of methoxy groups -OCH3 is 1. The van der Waals surface area contributed by atoms with Gasteiger partial charge in [0.15, 0.2) is 0 Å². The number of hydrogen-bond acceptors (Lipinski definition) is 6. The van der Waals surface area contributed by atoms with E-state index >= 15 is 0 Å². The molecule has 0 radical (unpaired) electrons. The highest BCUT2D eigenvalue weighted by Gasteiger charge is 2.34. The fourth-order valence-corrected chi connectivity index (χ4v) is 4.44. The first-order valence-corrected chi connectivity index (χ1v) is 9.65. The number of nitrogens with zero attached hydrogens (tertiary/aromatic N) is 2. The number of carbonyl (C=O) groups is 2. The Kier molecular flexibility index (Phi) is 5.16. The van der Waals surface area contributed by atoms with Gasteiger partial charge in [0.2, 0.25) is 5.91 Å². The molecule has 0 saturated carbocycles. The first kappa shape index (κ1) is 18.4. The number of hydrogen-bond donors (Lipinski definition) is 1. The SMILES string of the molecule is COC(=O)c1cc2c(cc1NC(C)=O)CCC2N1CCN(C2COC2)CC1. The minimum Gasteiger partial charge on any atom is -0.465 e. The van der Waals surface area contributed by atoms with Gasteiger partial charge in [-0.2, -0.15) is 0 Å². The molecule has 7 nitrogen and oxygen atoms in total. The Labute approximate surface area is 159 Å². The van der Waals surface area contributed by atoms with Gasteiger partial charge in [-0.3, -0.25) is 14.6 Å². The highest BCUT2D eigenvalue weighted by molar-refractivity contribution is 6.01. The van der Waals surface area contributed by atoms with Crippen LogP contribution in [-0.2, 0) is 20.7 Å². The van der Waals surface area contributed by atoms with Crippen LogP contribution in [0.3, 0.4) is 0 Å². The van der Waals surface area contributed by atoms with Crippen LogP contribution >= 0.6 is 0 Å². The number of fused-ring (bicyclic) bond motifs is 1. The molecule has 1 amide bonds. The number of piperazine rings is 1. The molecule has 0 aromatic heterocycles. The van der Waals surface area contributed by atoms with Crippen molar-refractivity contribution in [2.45, 2.75) is 31.8 Å². The van der Waals surface area contributed by atoms with E-state index in [0.29, 0.717) is 23.3 Å². The summed E-state index contributed by atoms with van der Waals surface area (Å²) >= 11 is 0. The molecule has 146 valence electrons. The molecule has 3 aliphatic rings. The number of ether oxygens (including phenoxy) is 2. The first-order chi connectivity index (χ1) is 13.1. The van der Waals surface area contributed by atoms with Gasteiger partial charge in [0.05, 0.1) is 37.6 Å². The van der Waals surface area contributed by atoms with Crippen molar-refractivity contribution >= 4 is 17.6 Å². The molecule has 4 rings (SSSR count). The van der Waals surface area contributed by atoms with Gasteiger partial charge in [0.25, 0.3) is 0 Å². The molecule has 7 heteroatoms. The van der Waals surface area contributed by atoms with Crippen LogP contribution in [0.2, 0.25) is 0 Å². The number of benzene rings is 1. The summed E-state index contributed by atoms with van der Waals surface area (Å²) in [5.74, 6) is -0.604. The summed E-state index contributed by atoms with van der Waals surface area (Å²) in [5.41, 5.74) is 3.39. The van der Waals surface area contributed by atoms with Crippen LogP contribution in [0.4, 0.5) is 5.69 Å². The van der Waals surface area contributed by atoms with E-state index in [1.54, 1.807) is 0 Å². The van der Waals surface area contributed by atoms with E-state index in [-0.39, 0.29) is 5.91 Å². The highest BCUT2D eigenvalue weighted by atomic mass is 16.5. The summed E-state index contributed by atoms with van der Waals surface area (Å²) in [4.78, 5) is 28.8. The summed E-state index contributed by atoms with van der Waals surface area (Å²) in [6.45, 7) is 7.36. The van der Waals surface area contributed by atoms with Crippen LogP contribution < -0.4 is 5.32 Å². The lowest BCUT2D eigenvalue weighted by Crippen LogP contribution is -2.56. The van der Waals surface area contributed by atoms with Gasteiger partial charge in [-0.25, -0.2) is 4.79 Å². The average molecular weight is 373 g/mol. The van der Waals surface area contributed by atoms with Gasteiger partial charge in [-0.15, -0.1) is 0 Å². The standard InChI is InChI=1S/C20H27N3O4/c1-13(24)21-18-9-14-3-4-19(16(14)10-17(18)20(25)26-2)23-7-5-22(6-8-23)15-11-27-12-15/h9-10,15,19H,3-8,11-12H2,1-2H3,(H,21,24). The summed E-state index contributed by atoms with van der Waals surface area (Å²) in [5, 5.41) is 2.77. The Morgan fingerprint density at radius 2 is 1.85 bits per heavy atom. The zero-order chi connectivity index (χ0) is 19.0. The second-order valence-corrected chi connectivity index (χ2v) is 7.59. The molecule has 0 spiro atoms. The van der Waals surface area contributed by atoms with E-state index in [1.807, 2.05) is 12.1 Å². The largest absolute Gasteiger partial charge is 0.465 e. The molecule has 1 atom stereocenters. The average Bonchev–Trinajstić information content (AvgIpc) is 3.02. The van der Waals surface area contributed by atoms with Crippen molar-refractivity contribution in [3.63, 3.8) is 0 Å². The first-order valence-electron chi connectivity index (χ1n) is 9.65. The lowest BCUT2D eigenvalue weighted by atomic mass is 10.0. The lowest BCUT2D eigenvalue weighted by molar-refractivity contribution is -0.114. The normalized spacial score (nSPS) is 23.6. The van der Waals surface area contributed by atoms with E-state index in [2.05, 4.69) is 15.1 Å². The smallest absolute Gasteiger partial charge is 0.339 e. The number of carbonyl (C=O) groups excluding carboxylic acids is 2. The van der Waals surface area contributed by atoms with Gasteiger partial charge in [-0.05, 0) is 36.1 Å². The molecule has 1 N–H and O–H groups in total. The highest BCUT2D eigenvalue weighted by Crippen LogP contribution is 2.39. The molecule has 1 aromatic rings. The van der Waals surface area contributed by atoms with Gasteiger partial charge in [0, 0.05) is 39.1 Å². The van der Waals surface area contributed by atoms with Gasteiger partial charge in [0.1, 0.15) is 0 Å². The second kappa shape index (κ2) is 7.58. The van der Waals surface area contributed by atoms with E-state index in [0.717, 1.165) is 52.2 Å². The second-order valence-electron chi connectivity index (χ2n) is 7.59. The van der Waals surface area contributed by atoms with E-state index in [4.69, 9.17) is 9.47 Å². The third-order valence-electron chi connectivity index (χ3n) is 5.97. The zero-order valence-electron chi connectivity index (χ0n) is 16.0. The molecule has 1 aromatic carbocycles. The third-order valence-corrected chi connectivity index (χ3v) is 5.97. The summed E-state index contributed by atoms with van der Waals surface area (Å²) < 4.78 is 10.3. The third kappa shape index (κ3) is 3.59. The molecule has 27 heavy (non-hydrogen) atoms. The van der Waals surface area contributed by atoms with Crippen LogP contribution in [0.25, 0.3) is 0 Å². The van der Waals surface area contributed by atoms with Crippen molar-refractivity contribution in [3.05, 3.63) is 28.8 Å². The maximum atomic E-state index is 12.3. The van der Waals surface area contributed by atoms with E-state index in [9.17, 15) is 9.59 Å². The summed E-state index contributed by atoms with van der Waals surface area (Å²) in [6.07, 6.45) is 2.01. The Morgan fingerprint density at radius 3 is 2.44 bits per heavy atom. The van der Waals surface area contributed by atoms with Crippen LogP contribution in [0.15, 0.2) is 12.1 Å². The summed E-state index contributed by atoms with van der Waals surface area (Å²) in [6, 6.07) is 4.80. The minimum atomic E-state index is -0.415. The molecule has 1 aliphatic carbocycles. The number of aryl methyl sites for hydroxylation is 1. The molecule has 0 bridgehead atoms. The number of esters is 1. The van der Waals surface area contributed by atoms with Crippen molar-refractivity contribution < 1.29 is 19.1 Å². The van der Waals surface area contributed by atoms with Gasteiger partial charge in [-0.1, -0.05) is 0 Å². The Morgan fingerprint density at radius 1 is 1.15 bits per heavy atom. The van der Waals surface area contributed by atoms with Crippen molar-refractivity contribution in [3.8, 4) is 0 Å². The number of nitrogens with one attached hydrogen (secondary N) is 1. The molecular weight excluding hydrogens is 346 g/mol. The summed E-state index contributed by atoms with van der Waals surface area (Å²) in [7, 11) is 1.37. The predicted molar refractivity (Wildman–Crippen MR) is 101 cm³/mol. The van der Waals surface area contributed by atoms with Crippen LogP contribution in [0.1, 0.15) is 40.9 Å².